The highest BCUT2D eigenvalue weighted by Crippen LogP contribution is 2.17. The smallest absolute Gasteiger partial charge is 0.0602 e. The summed E-state index contributed by atoms with van der Waals surface area (Å²) >= 11 is 0. The van der Waals surface area contributed by atoms with Gasteiger partial charge < -0.3 is 10.3 Å². The molecule has 1 aliphatic heterocycles. The maximum Gasteiger partial charge on any atom is 0.0602 e. The number of nitrogens with zero attached hydrogens (tertiary/aromatic N) is 1. The summed E-state index contributed by atoms with van der Waals surface area (Å²) in [5, 5.41) is 4.64. The molecule has 1 aliphatic rings. The number of benzene rings is 1. The van der Waals surface area contributed by atoms with Crippen LogP contribution in [-0.4, -0.2) is 42.6 Å². The Morgan fingerprint density at radius 2 is 1.95 bits per heavy atom. The van der Waals surface area contributed by atoms with Gasteiger partial charge in [0.2, 0.25) is 0 Å². The normalized spacial score (nSPS) is 16.2. The SMILES string of the molecule is C(#CCN1CCNCC1)Cc1c[nH]c2ccccc12. The van der Waals surface area contributed by atoms with Crippen molar-refractivity contribution < 1.29 is 0 Å². The van der Waals surface area contributed by atoms with Crippen LogP contribution in [0.3, 0.4) is 0 Å². The van der Waals surface area contributed by atoms with Gasteiger partial charge in [0.05, 0.1) is 6.54 Å². The predicted octanol–water partition coefficient (Wildman–Crippen LogP) is 1.62. The topological polar surface area (TPSA) is 31.1 Å². The van der Waals surface area contributed by atoms with E-state index < -0.39 is 0 Å². The van der Waals surface area contributed by atoms with Crippen LogP contribution in [0.25, 0.3) is 10.9 Å². The van der Waals surface area contributed by atoms with E-state index in [1.165, 1.54) is 16.5 Å². The van der Waals surface area contributed by atoms with Crippen LogP contribution in [0.4, 0.5) is 0 Å². The van der Waals surface area contributed by atoms with Crippen LogP contribution in [0.1, 0.15) is 5.56 Å². The summed E-state index contributed by atoms with van der Waals surface area (Å²) in [7, 11) is 0. The van der Waals surface area contributed by atoms with E-state index in [1.807, 2.05) is 0 Å². The van der Waals surface area contributed by atoms with Gasteiger partial charge in [-0.15, -0.1) is 0 Å². The average molecular weight is 253 g/mol. The number of rotatable bonds is 2. The number of aromatic amines is 1. The molecule has 1 fully saturated rings. The van der Waals surface area contributed by atoms with E-state index in [2.05, 4.69) is 57.5 Å². The summed E-state index contributed by atoms with van der Waals surface area (Å²) in [6.45, 7) is 5.29. The zero-order valence-electron chi connectivity index (χ0n) is 11.1. The third-order valence-corrected chi connectivity index (χ3v) is 3.59. The number of aromatic nitrogens is 1. The molecule has 0 radical (unpaired) electrons. The van der Waals surface area contributed by atoms with Gasteiger partial charge in [-0.05, 0) is 11.6 Å². The fourth-order valence-corrected chi connectivity index (χ4v) is 2.47. The van der Waals surface area contributed by atoms with Gasteiger partial charge in [0.25, 0.3) is 0 Å². The van der Waals surface area contributed by atoms with Crippen molar-refractivity contribution in [1.82, 2.24) is 15.2 Å². The van der Waals surface area contributed by atoms with Crippen LogP contribution in [0.2, 0.25) is 0 Å². The van der Waals surface area contributed by atoms with E-state index in [4.69, 9.17) is 0 Å². The standard InChI is InChI=1S/C16H19N3/c1-2-7-16-15(6-1)14(13-18-16)5-3-4-10-19-11-8-17-9-12-19/h1-2,6-7,13,17-18H,5,8-12H2. The summed E-state index contributed by atoms with van der Waals surface area (Å²) in [5.41, 5.74) is 2.49. The zero-order chi connectivity index (χ0) is 12.9. The Hall–Kier alpha value is -1.76. The first-order chi connectivity index (χ1) is 9.43. The minimum atomic E-state index is 0.829. The van der Waals surface area contributed by atoms with Crippen molar-refractivity contribution in [3.63, 3.8) is 0 Å². The predicted molar refractivity (Wildman–Crippen MR) is 79.1 cm³/mol. The molecule has 0 aliphatic carbocycles. The average Bonchev–Trinajstić information content (AvgIpc) is 2.88. The van der Waals surface area contributed by atoms with E-state index in [-0.39, 0.29) is 0 Å². The van der Waals surface area contributed by atoms with Gasteiger partial charge in [0.1, 0.15) is 0 Å². The molecular weight excluding hydrogens is 234 g/mol. The summed E-state index contributed by atoms with van der Waals surface area (Å²) in [5.74, 6) is 6.59. The molecule has 19 heavy (non-hydrogen) atoms. The van der Waals surface area contributed by atoms with Crippen molar-refractivity contribution >= 4 is 10.9 Å². The van der Waals surface area contributed by atoms with Crippen LogP contribution in [0.15, 0.2) is 30.5 Å². The Morgan fingerprint density at radius 3 is 2.84 bits per heavy atom. The minimum absolute atomic E-state index is 0.829. The highest BCUT2D eigenvalue weighted by atomic mass is 15.2. The maximum absolute atomic E-state index is 3.35. The van der Waals surface area contributed by atoms with Gasteiger partial charge in [-0.25, -0.2) is 0 Å². The molecule has 0 saturated carbocycles. The van der Waals surface area contributed by atoms with Gasteiger partial charge in [0.15, 0.2) is 0 Å². The molecule has 1 saturated heterocycles. The third-order valence-electron chi connectivity index (χ3n) is 3.59. The van der Waals surface area contributed by atoms with Gasteiger partial charge in [0, 0.05) is 49.7 Å². The highest BCUT2D eigenvalue weighted by Gasteiger charge is 2.06. The Labute approximate surface area is 114 Å². The van der Waals surface area contributed by atoms with Gasteiger partial charge >= 0.3 is 0 Å². The second-order valence-electron chi connectivity index (χ2n) is 4.92. The number of hydrogen-bond donors (Lipinski definition) is 2. The molecule has 0 spiro atoms. The van der Waals surface area contributed by atoms with E-state index >= 15 is 0 Å². The van der Waals surface area contributed by atoms with Crippen molar-refractivity contribution in [3.05, 3.63) is 36.0 Å². The number of nitrogens with one attached hydrogen (secondary N) is 2. The van der Waals surface area contributed by atoms with Gasteiger partial charge in [-0.3, -0.25) is 4.90 Å². The van der Waals surface area contributed by atoms with E-state index in [1.54, 1.807) is 0 Å². The van der Waals surface area contributed by atoms with Crippen LogP contribution in [-0.2, 0) is 6.42 Å². The lowest BCUT2D eigenvalue weighted by molar-refractivity contribution is 0.268. The Bertz CT molecular complexity index is 597. The first-order valence-electron chi connectivity index (χ1n) is 6.87. The molecule has 3 heteroatoms. The maximum atomic E-state index is 3.35. The zero-order valence-corrected chi connectivity index (χ0v) is 11.1. The van der Waals surface area contributed by atoms with Crippen LogP contribution >= 0.6 is 0 Å². The molecule has 0 bridgehead atoms. The molecule has 2 N–H and O–H groups in total. The molecule has 3 rings (SSSR count). The molecule has 3 nitrogen and oxygen atoms in total. The van der Waals surface area contributed by atoms with Crippen LogP contribution < -0.4 is 5.32 Å². The number of hydrogen-bond acceptors (Lipinski definition) is 2. The summed E-state index contributed by atoms with van der Waals surface area (Å²) < 4.78 is 0. The number of H-pyrrole nitrogens is 1. The number of fused-ring (bicyclic) bond motifs is 1. The fourth-order valence-electron chi connectivity index (χ4n) is 2.47. The summed E-state index contributed by atoms with van der Waals surface area (Å²) in [4.78, 5) is 5.69. The monoisotopic (exact) mass is 253 g/mol. The minimum Gasteiger partial charge on any atom is -0.361 e. The van der Waals surface area contributed by atoms with E-state index in [9.17, 15) is 0 Å². The van der Waals surface area contributed by atoms with Crippen LogP contribution in [0, 0.1) is 11.8 Å². The highest BCUT2D eigenvalue weighted by molar-refractivity contribution is 5.83. The van der Waals surface area contributed by atoms with Crippen molar-refractivity contribution in [2.45, 2.75) is 6.42 Å². The molecule has 0 atom stereocenters. The Morgan fingerprint density at radius 1 is 1.11 bits per heavy atom. The van der Waals surface area contributed by atoms with Gasteiger partial charge in [-0.1, -0.05) is 30.0 Å². The van der Waals surface area contributed by atoms with Gasteiger partial charge in [-0.2, -0.15) is 0 Å². The largest absolute Gasteiger partial charge is 0.361 e. The molecule has 0 amide bonds. The lowest BCUT2D eigenvalue weighted by atomic mass is 10.1. The van der Waals surface area contributed by atoms with Crippen molar-refractivity contribution in [2.75, 3.05) is 32.7 Å². The van der Waals surface area contributed by atoms with Crippen molar-refractivity contribution in [1.29, 1.82) is 0 Å². The second-order valence-corrected chi connectivity index (χ2v) is 4.92. The first kappa shape index (κ1) is 12.3. The van der Waals surface area contributed by atoms with Crippen LogP contribution in [0.5, 0.6) is 0 Å². The third kappa shape index (κ3) is 2.98. The molecule has 1 aromatic heterocycles. The lowest BCUT2D eigenvalue weighted by Gasteiger charge is -2.24. The quantitative estimate of drug-likeness (QED) is 0.797. The molecule has 2 aromatic rings. The lowest BCUT2D eigenvalue weighted by Crippen LogP contribution is -2.43. The fraction of sp³-hybridized carbons (Fsp3) is 0.375. The first-order valence-corrected chi connectivity index (χ1v) is 6.87. The second kappa shape index (κ2) is 5.92. The molecule has 0 unspecified atom stereocenters. The molecule has 98 valence electrons. The van der Waals surface area contributed by atoms with Crippen molar-refractivity contribution in [2.24, 2.45) is 0 Å². The summed E-state index contributed by atoms with van der Waals surface area (Å²) in [6, 6.07) is 8.39. The molecule has 2 heterocycles. The number of para-hydroxylation sites is 1. The molecule has 1 aromatic carbocycles. The Kier molecular flexibility index (Phi) is 3.83. The van der Waals surface area contributed by atoms with E-state index in [0.29, 0.717) is 0 Å². The van der Waals surface area contributed by atoms with Crippen molar-refractivity contribution in [3.8, 4) is 11.8 Å². The Balaban J connectivity index is 1.60. The number of piperazine rings is 1. The summed E-state index contributed by atoms with van der Waals surface area (Å²) in [6.07, 6.45) is 2.90. The van der Waals surface area contributed by atoms with E-state index in [0.717, 1.165) is 39.1 Å². The molecular formula is C16H19N3.